The van der Waals surface area contributed by atoms with Gasteiger partial charge in [-0.1, -0.05) is 29.8 Å². The highest BCUT2D eigenvalue weighted by Gasteiger charge is 2.39. The van der Waals surface area contributed by atoms with E-state index in [9.17, 15) is 0 Å². The van der Waals surface area contributed by atoms with E-state index in [0.29, 0.717) is 12.0 Å². The van der Waals surface area contributed by atoms with Crippen molar-refractivity contribution in [3.8, 4) is 0 Å². The highest BCUT2D eigenvalue weighted by atomic mass is 35.5. The van der Waals surface area contributed by atoms with Gasteiger partial charge >= 0.3 is 0 Å². The Morgan fingerprint density at radius 3 is 2.69 bits per heavy atom. The van der Waals surface area contributed by atoms with Crippen LogP contribution in [0.1, 0.15) is 17.9 Å². The summed E-state index contributed by atoms with van der Waals surface area (Å²) in [5, 5.41) is 4.44. The lowest BCUT2D eigenvalue weighted by molar-refractivity contribution is 0.371. The number of anilines is 1. The van der Waals surface area contributed by atoms with Crippen LogP contribution in [0.4, 0.5) is 5.82 Å². The van der Waals surface area contributed by atoms with Crippen LogP contribution >= 0.6 is 11.6 Å². The van der Waals surface area contributed by atoms with Crippen molar-refractivity contribution < 1.29 is 0 Å². The Labute approximate surface area is 159 Å². The molecule has 2 heterocycles. The number of nitrogens with one attached hydrogen (secondary N) is 1. The van der Waals surface area contributed by atoms with Crippen LogP contribution < -0.4 is 10.2 Å². The molecule has 136 valence electrons. The molecule has 5 nitrogen and oxygen atoms in total. The highest BCUT2D eigenvalue weighted by Crippen LogP contribution is 2.41. The van der Waals surface area contributed by atoms with Gasteiger partial charge in [-0.05, 0) is 36.2 Å². The summed E-state index contributed by atoms with van der Waals surface area (Å²) in [4.78, 5) is 13.6. The van der Waals surface area contributed by atoms with Crippen molar-refractivity contribution >= 4 is 23.4 Å². The van der Waals surface area contributed by atoms with E-state index in [1.165, 1.54) is 5.56 Å². The van der Waals surface area contributed by atoms with Crippen LogP contribution in [-0.4, -0.2) is 55.1 Å². The van der Waals surface area contributed by atoms with Gasteiger partial charge in [0.1, 0.15) is 5.82 Å². The Bertz CT molecular complexity index is 771. The molecule has 6 heteroatoms. The third-order valence-electron chi connectivity index (χ3n) is 5.15. The number of hydrogen-bond donors (Lipinski definition) is 1. The maximum absolute atomic E-state index is 6.12. The SMILES string of the molecule is CN=C(NC1CC1c1cccc(Cl)c1)N1CCN(c2ccccn2)CC1. The average molecular weight is 370 g/mol. The first-order chi connectivity index (χ1) is 12.7. The number of piperazine rings is 1. The molecule has 2 fully saturated rings. The molecule has 26 heavy (non-hydrogen) atoms. The number of aromatic nitrogens is 1. The van der Waals surface area contributed by atoms with Crippen LogP contribution in [0.25, 0.3) is 0 Å². The van der Waals surface area contributed by atoms with Crippen molar-refractivity contribution in [3.63, 3.8) is 0 Å². The number of nitrogens with zero attached hydrogens (tertiary/aromatic N) is 4. The Hall–Kier alpha value is -2.27. The summed E-state index contributed by atoms with van der Waals surface area (Å²) >= 11 is 6.12. The fourth-order valence-corrected chi connectivity index (χ4v) is 3.81. The van der Waals surface area contributed by atoms with Crippen molar-refractivity contribution in [2.45, 2.75) is 18.4 Å². The van der Waals surface area contributed by atoms with Crippen molar-refractivity contribution in [2.75, 3.05) is 38.1 Å². The van der Waals surface area contributed by atoms with Gasteiger partial charge in [0, 0.05) is 56.4 Å². The average Bonchev–Trinajstić information content (AvgIpc) is 3.46. The molecule has 2 unspecified atom stereocenters. The molecule has 0 spiro atoms. The van der Waals surface area contributed by atoms with E-state index in [2.05, 4.69) is 43.3 Å². The molecule has 1 aliphatic heterocycles. The largest absolute Gasteiger partial charge is 0.353 e. The summed E-state index contributed by atoms with van der Waals surface area (Å²) in [7, 11) is 1.87. The molecule has 1 aliphatic carbocycles. The summed E-state index contributed by atoms with van der Waals surface area (Å²) < 4.78 is 0. The Morgan fingerprint density at radius 2 is 2.00 bits per heavy atom. The van der Waals surface area contributed by atoms with Gasteiger partial charge < -0.3 is 15.1 Å². The molecular weight excluding hydrogens is 346 g/mol. The van der Waals surface area contributed by atoms with Gasteiger partial charge in [-0.15, -0.1) is 0 Å². The second-order valence-electron chi connectivity index (χ2n) is 6.86. The lowest BCUT2D eigenvalue weighted by Crippen LogP contribution is -2.53. The Balaban J connectivity index is 1.32. The lowest BCUT2D eigenvalue weighted by atomic mass is 10.1. The van der Waals surface area contributed by atoms with Gasteiger partial charge in [-0.25, -0.2) is 4.98 Å². The van der Waals surface area contributed by atoms with Crippen LogP contribution in [0.3, 0.4) is 0 Å². The standard InChI is InChI=1S/C20H24ClN5/c1-22-20(24-18-14-17(18)15-5-4-6-16(21)13-15)26-11-9-25(10-12-26)19-7-2-3-8-23-19/h2-8,13,17-18H,9-12,14H2,1H3,(H,22,24). The molecule has 0 radical (unpaired) electrons. The molecular formula is C20H24ClN5. The van der Waals surface area contributed by atoms with Crippen LogP contribution in [-0.2, 0) is 0 Å². The van der Waals surface area contributed by atoms with E-state index >= 15 is 0 Å². The van der Waals surface area contributed by atoms with E-state index in [0.717, 1.165) is 49.4 Å². The summed E-state index contributed by atoms with van der Waals surface area (Å²) in [6.07, 6.45) is 2.98. The van der Waals surface area contributed by atoms with Crippen LogP contribution in [0.2, 0.25) is 5.02 Å². The molecule has 4 rings (SSSR count). The van der Waals surface area contributed by atoms with Crippen LogP contribution in [0, 0.1) is 0 Å². The predicted octanol–water partition coefficient (Wildman–Crippen LogP) is 2.99. The zero-order chi connectivity index (χ0) is 17.9. The number of guanidine groups is 1. The number of pyridine rings is 1. The second kappa shape index (κ2) is 7.54. The summed E-state index contributed by atoms with van der Waals surface area (Å²) in [6.45, 7) is 3.82. The topological polar surface area (TPSA) is 43.8 Å². The van der Waals surface area contributed by atoms with Crippen LogP contribution in [0.15, 0.2) is 53.7 Å². The number of rotatable bonds is 3. The molecule has 1 aromatic carbocycles. The monoisotopic (exact) mass is 369 g/mol. The molecule has 2 atom stereocenters. The number of benzene rings is 1. The predicted molar refractivity (Wildman–Crippen MR) is 107 cm³/mol. The van der Waals surface area contributed by atoms with Crippen LogP contribution in [0.5, 0.6) is 0 Å². The number of halogens is 1. The number of aliphatic imine (C=N–C) groups is 1. The minimum Gasteiger partial charge on any atom is -0.353 e. The van der Waals surface area contributed by atoms with E-state index in [4.69, 9.17) is 11.6 Å². The maximum Gasteiger partial charge on any atom is 0.194 e. The normalized spacial score (nSPS) is 23.1. The highest BCUT2D eigenvalue weighted by molar-refractivity contribution is 6.30. The molecule has 1 saturated carbocycles. The summed E-state index contributed by atoms with van der Waals surface area (Å²) in [5.41, 5.74) is 1.31. The fraction of sp³-hybridized carbons (Fsp3) is 0.400. The van der Waals surface area contributed by atoms with E-state index in [1.807, 2.05) is 37.5 Å². The Kier molecular flexibility index (Phi) is 4.98. The first-order valence-electron chi connectivity index (χ1n) is 9.14. The second-order valence-corrected chi connectivity index (χ2v) is 7.29. The molecule has 1 N–H and O–H groups in total. The quantitative estimate of drug-likeness (QED) is 0.667. The van der Waals surface area contributed by atoms with Gasteiger partial charge in [-0.3, -0.25) is 4.99 Å². The van der Waals surface area contributed by atoms with Gasteiger partial charge in [0.15, 0.2) is 5.96 Å². The molecule has 0 bridgehead atoms. The van der Waals surface area contributed by atoms with Gasteiger partial charge in [-0.2, -0.15) is 0 Å². The summed E-state index contributed by atoms with van der Waals surface area (Å²) in [5.74, 6) is 2.58. The minimum absolute atomic E-state index is 0.445. The number of hydrogen-bond acceptors (Lipinski definition) is 3. The van der Waals surface area contributed by atoms with E-state index < -0.39 is 0 Å². The molecule has 0 amide bonds. The molecule has 2 aliphatic rings. The van der Waals surface area contributed by atoms with Crippen molar-refractivity contribution in [2.24, 2.45) is 4.99 Å². The van der Waals surface area contributed by atoms with Gasteiger partial charge in [0.2, 0.25) is 0 Å². The van der Waals surface area contributed by atoms with E-state index in [-0.39, 0.29) is 0 Å². The maximum atomic E-state index is 6.12. The van der Waals surface area contributed by atoms with Gasteiger partial charge in [0.25, 0.3) is 0 Å². The molecule has 2 aromatic rings. The zero-order valence-corrected chi connectivity index (χ0v) is 15.7. The smallest absolute Gasteiger partial charge is 0.194 e. The molecule has 1 saturated heterocycles. The third kappa shape index (κ3) is 3.78. The lowest BCUT2D eigenvalue weighted by Gasteiger charge is -2.37. The van der Waals surface area contributed by atoms with E-state index in [1.54, 1.807) is 0 Å². The fourth-order valence-electron chi connectivity index (χ4n) is 3.61. The van der Waals surface area contributed by atoms with Gasteiger partial charge in [0.05, 0.1) is 0 Å². The Morgan fingerprint density at radius 1 is 1.15 bits per heavy atom. The van der Waals surface area contributed by atoms with Crippen molar-refractivity contribution in [3.05, 3.63) is 59.2 Å². The first-order valence-corrected chi connectivity index (χ1v) is 9.52. The van der Waals surface area contributed by atoms with Crippen molar-refractivity contribution in [1.82, 2.24) is 15.2 Å². The molecule has 1 aromatic heterocycles. The third-order valence-corrected chi connectivity index (χ3v) is 5.38. The summed E-state index contributed by atoms with van der Waals surface area (Å²) in [6, 6.07) is 14.7. The first kappa shape index (κ1) is 17.2. The van der Waals surface area contributed by atoms with Crippen molar-refractivity contribution in [1.29, 1.82) is 0 Å². The minimum atomic E-state index is 0.445. The zero-order valence-electron chi connectivity index (χ0n) is 15.0.